The third-order valence-electron chi connectivity index (χ3n) is 7.23. The van der Waals surface area contributed by atoms with Gasteiger partial charge in [0.05, 0.1) is 12.8 Å². The third-order valence-corrected chi connectivity index (χ3v) is 7.23. The van der Waals surface area contributed by atoms with E-state index < -0.39 is 16.6 Å². The second-order valence-corrected chi connectivity index (χ2v) is 10.8. The van der Waals surface area contributed by atoms with E-state index in [-0.39, 0.29) is 0 Å². The van der Waals surface area contributed by atoms with E-state index in [2.05, 4.69) is 71.6 Å². The van der Waals surface area contributed by atoms with Crippen LogP contribution in [0.4, 0.5) is 0 Å². The summed E-state index contributed by atoms with van der Waals surface area (Å²) in [6.45, 7) is 11.2. The molecule has 7 nitrogen and oxygen atoms in total. The topological polar surface area (TPSA) is 91.6 Å². The summed E-state index contributed by atoms with van der Waals surface area (Å²) in [6.07, 6.45) is 3.35. The molecule has 1 aliphatic heterocycles. The summed E-state index contributed by atoms with van der Waals surface area (Å²) in [5.41, 5.74) is 0.446. The molecule has 0 unspecified atom stereocenters. The molecule has 1 saturated heterocycles. The number of pyridine rings is 1. The fraction of sp³-hybridized carbons (Fsp3) is 0.433. The molecule has 194 valence electrons. The van der Waals surface area contributed by atoms with Crippen LogP contribution in [0.25, 0.3) is 0 Å². The Morgan fingerprint density at radius 3 is 2.32 bits per heavy atom. The fourth-order valence-electron chi connectivity index (χ4n) is 5.21. The maximum atomic E-state index is 12.4. The van der Waals surface area contributed by atoms with E-state index in [1.165, 1.54) is 12.7 Å². The molecule has 3 heterocycles. The van der Waals surface area contributed by atoms with Crippen LogP contribution >= 0.6 is 0 Å². The van der Waals surface area contributed by atoms with Gasteiger partial charge in [0.1, 0.15) is 11.4 Å². The fourth-order valence-corrected chi connectivity index (χ4v) is 5.21. The highest BCUT2D eigenvalue weighted by Crippen LogP contribution is 2.50. The van der Waals surface area contributed by atoms with Gasteiger partial charge in [-0.2, -0.15) is 4.98 Å². The summed E-state index contributed by atoms with van der Waals surface area (Å²) in [6, 6.07) is 11.7. The first-order valence-corrected chi connectivity index (χ1v) is 12.5. The van der Waals surface area contributed by atoms with Gasteiger partial charge in [0.2, 0.25) is 5.88 Å². The number of rotatable bonds is 6. The third kappa shape index (κ3) is 5.10. The van der Waals surface area contributed by atoms with Gasteiger partial charge >= 0.3 is 0 Å². The first-order chi connectivity index (χ1) is 17.4. The van der Waals surface area contributed by atoms with E-state index in [0.717, 1.165) is 18.7 Å². The lowest BCUT2D eigenvalue weighted by atomic mass is 9.62. The van der Waals surface area contributed by atoms with Gasteiger partial charge in [-0.25, -0.2) is 4.98 Å². The van der Waals surface area contributed by atoms with Crippen LogP contribution in [0.15, 0.2) is 48.8 Å². The Labute approximate surface area is 219 Å². The second kappa shape index (κ2) is 9.86. The van der Waals surface area contributed by atoms with Crippen molar-refractivity contribution < 1.29 is 14.9 Å². The summed E-state index contributed by atoms with van der Waals surface area (Å²) in [7, 11) is 3.57. The molecule has 2 atom stereocenters. The zero-order valence-electron chi connectivity index (χ0n) is 22.7. The zero-order chi connectivity index (χ0) is 27.0. The van der Waals surface area contributed by atoms with Crippen LogP contribution < -0.4 is 4.74 Å². The van der Waals surface area contributed by atoms with Gasteiger partial charge in [-0.1, -0.05) is 56.9 Å². The number of hydrogen-bond acceptors (Lipinski definition) is 7. The maximum Gasteiger partial charge on any atom is 0.216 e. The van der Waals surface area contributed by atoms with E-state index in [0.29, 0.717) is 34.4 Å². The first kappa shape index (κ1) is 26.7. The SMILES string of the molecule is COc1cc([C@](C)(O)C#Cc2cncc([C@@](O)(c3ccc(C(C)C)cc3)C3(C)CN(C)C3)c2)nc(C)n1. The van der Waals surface area contributed by atoms with E-state index >= 15 is 0 Å². The molecule has 0 saturated carbocycles. The second-order valence-electron chi connectivity index (χ2n) is 10.8. The van der Waals surface area contributed by atoms with Gasteiger partial charge in [0.15, 0.2) is 5.60 Å². The lowest BCUT2D eigenvalue weighted by molar-refractivity contribution is -0.127. The van der Waals surface area contributed by atoms with Crippen molar-refractivity contribution in [2.24, 2.45) is 5.41 Å². The minimum atomic E-state index is -1.54. The molecular formula is C30H36N4O3. The highest BCUT2D eigenvalue weighted by molar-refractivity contribution is 5.45. The van der Waals surface area contributed by atoms with Crippen LogP contribution in [0.3, 0.4) is 0 Å². The number of nitrogens with zero attached hydrogens (tertiary/aromatic N) is 4. The Morgan fingerprint density at radius 2 is 1.73 bits per heavy atom. The average molecular weight is 501 g/mol. The van der Waals surface area contributed by atoms with Crippen LogP contribution in [-0.2, 0) is 11.2 Å². The molecule has 2 aromatic heterocycles. The molecule has 1 aromatic carbocycles. The minimum absolute atomic E-state index is 0.347. The number of aryl methyl sites for hydroxylation is 1. The molecule has 3 aromatic rings. The zero-order valence-corrected chi connectivity index (χ0v) is 22.7. The predicted octanol–water partition coefficient (Wildman–Crippen LogP) is 3.76. The average Bonchev–Trinajstić information content (AvgIpc) is 2.86. The van der Waals surface area contributed by atoms with Crippen LogP contribution in [0.1, 0.15) is 67.4 Å². The van der Waals surface area contributed by atoms with Crippen LogP contribution in [-0.4, -0.2) is 57.3 Å². The summed E-state index contributed by atoms with van der Waals surface area (Å²) in [4.78, 5) is 15.1. The number of hydrogen-bond donors (Lipinski definition) is 2. The molecule has 0 radical (unpaired) electrons. The van der Waals surface area contributed by atoms with Gasteiger partial charge in [0.25, 0.3) is 0 Å². The molecule has 0 spiro atoms. The van der Waals surface area contributed by atoms with E-state index in [1.54, 1.807) is 32.3 Å². The van der Waals surface area contributed by atoms with Crippen molar-refractivity contribution in [2.75, 3.05) is 27.2 Å². The van der Waals surface area contributed by atoms with Crippen molar-refractivity contribution in [3.05, 3.63) is 82.6 Å². The molecule has 0 aliphatic carbocycles. The number of likely N-dealkylation sites (tertiary alicyclic amines) is 1. The largest absolute Gasteiger partial charge is 0.481 e. The molecule has 1 fully saturated rings. The van der Waals surface area contributed by atoms with Gasteiger partial charge in [-0.3, -0.25) is 4.98 Å². The number of benzene rings is 1. The van der Waals surface area contributed by atoms with E-state index in [4.69, 9.17) is 4.74 Å². The van der Waals surface area contributed by atoms with Gasteiger partial charge in [0, 0.05) is 48.1 Å². The van der Waals surface area contributed by atoms with Crippen LogP contribution in [0.2, 0.25) is 0 Å². The summed E-state index contributed by atoms with van der Waals surface area (Å²) in [5.74, 6) is 7.19. The normalized spacial score (nSPS) is 18.2. The Bertz CT molecular complexity index is 1330. The molecule has 4 rings (SSSR count). The molecule has 0 bridgehead atoms. The predicted molar refractivity (Wildman–Crippen MR) is 143 cm³/mol. The number of aromatic nitrogens is 3. The summed E-state index contributed by atoms with van der Waals surface area (Å²) < 4.78 is 5.21. The molecular weight excluding hydrogens is 464 g/mol. The van der Waals surface area contributed by atoms with Gasteiger partial charge in [-0.15, -0.1) is 0 Å². The Kier molecular flexibility index (Phi) is 7.13. The monoisotopic (exact) mass is 500 g/mol. The van der Waals surface area contributed by atoms with Gasteiger partial charge in [-0.05, 0) is 44.0 Å². The summed E-state index contributed by atoms with van der Waals surface area (Å²) >= 11 is 0. The van der Waals surface area contributed by atoms with Crippen molar-refractivity contribution in [3.63, 3.8) is 0 Å². The quantitative estimate of drug-likeness (QED) is 0.498. The molecule has 37 heavy (non-hydrogen) atoms. The van der Waals surface area contributed by atoms with Crippen molar-refractivity contribution in [2.45, 2.75) is 51.7 Å². The number of ether oxygens (including phenoxy) is 1. The number of aliphatic hydroxyl groups is 2. The van der Waals surface area contributed by atoms with Crippen molar-refractivity contribution in [1.82, 2.24) is 19.9 Å². The van der Waals surface area contributed by atoms with Crippen LogP contribution in [0, 0.1) is 24.2 Å². The Morgan fingerprint density at radius 1 is 1.05 bits per heavy atom. The molecule has 0 amide bonds. The van der Waals surface area contributed by atoms with E-state index in [9.17, 15) is 10.2 Å². The lowest BCUT2D eigenvalue weighted by Crippen LogP contribution is -2.63. The molecule has 2 N–H and O–H groups in total. The van der Waals surface area contributed by atoms with Crippen LogP contribution in [0.5, 0.6) is 5.88 Å². The lowest BCUT2D eigenvalue weighted by Gasteiger charge is -2.55. The smallest absolute Gasteiger partial charge is 0.216 e. The minimum Gasteiger partial charge on any atom is -0.481 e. The van der Waals surface area contributed by atoms with Crippen molar-refractivity contribution in [1.29, 1.82) is 0 Å². The highest BCUT2D eigenvalue weighted by Gasteiger charge is 2.55. The highest BCUT2D eigenvalue weighted by atomic mass is 16.5. The van der Waals surface area contributed by atoms with Gasteiger partial charge < -0.3 is 19.8 Å². The van der Waals surface area contributed by atoms with Crippen molar-refractivity contribution in [3.8, 4) is 17.7 Å². The molecule has 1 aliphatic rings. The standard InChI is InChI=1S/C30H36N4O3/c1-20(2)23-8-10-24(11-9-23)30(36,28(4)18-34(6)19-28)25-14-22(16-31-17-25)12-13-29(5,35)26-15-27(37-7)33-21(3)32-26/h8-11,14-17,20,35-36H,18-19H2,1-7H3/t29-,30+/m1/s1. The van der Waals surface area contributed by atoms with Crippen molar-refractivity contribution >= 4 is 0 Å². The Balaban J connectivity index is 1.74. The first-order valence-electron chi connectivity index (χ1n) is 12.5. The maximum absolute atomic E-state index is 12.4. The van der Waals surface area contributed by atoms with E-state index in [1.807, 2.05) is 18.2 Å². The Hall–Kier alpha value is -3.31. The number of methoxy groups -OCH3 is 1. The summed E-state index contributed by atoms with van der Waals surface area (Å²) in [5, 5.41) is 23.5. The molecule has 7 heteroatoms.